The Hall–Kier alpha value is -1.78. The van der Waals surface area contributed by atoms with Crippen LogP contribution in [0.25, 0.3) is 11.5 Å². The molecule has 0 aliphatic heterocycles. The summed E-state index contributed by atoms with van der Waals surface area (Å²) in [5.74, 6) is 1.14. The van der Waals surface area contributed by atoms with Gasteiger partial charge in [0.05, 0.1) is 17.0 Å². The van der Waals surface area contributed by atoms with Crippen molar-refractivity contribution in [2.45, 2.75) is 27.2 Å². The Morgan fingerprint density at radius 2 is 2.07 bits per heavy atom. The minimum atomic E-state index is 0.516. The van der Waals surface area contributed by atoms with E-state index < -0.39 is 0 Å². The molecule has 0 spiro atoms. The predicted molar refractivity (Wildman–Crippen MR) is 54.2 cm³/mol. The van der Waals surface area contributed by atoms with Gasteiger partial charge in [0.15, 0.2) is 5.82 Å². The van der Waals surface area contributed by atoms with E-state index in [1.54, 1.807) is 6.92 Å². The molecule has 15 heavy (non-hydrogen) atoms. The van der Waals surface area contributed by atoms with Crippen LogP contribution in [0, 0.1) is 13.8 Å². The fourth-order valence-corrected chi connectivity index (χ4v) is 1.37. The first-order valence-corrected chi connectivity index (χ1v) is 4.84. The summed E-state index contributed by atoms with van der Waals surface area (Å²) in [6, 6.07) is 1.92. The zero-order valence-electron chi connectivity index (χ0n) is 8.98. The lowest BCUT2D eigenvalue weighted by Gasteiger charge is -2.01. The lowest BCUT2D eigenvalue weighted by molar-refractivity contribution is 0.425. The van der Waals surface area contributed by atoms with Crippen molar-refractivity contribution >= 4 is 0 Å². The second kappa shape index (κ2) is 3.76. The Morgan fingerprint density at radius 3 is 2.67 bits per heavy atom. The molecule has 0 radical (unpaired) electrons. The van der Waals surface area contributed by atoms with Gasteiger partial charge in [0, 0.05) is 0 Å². The summed E-state index contributed by atoms with van der Waals surface area (Å²) in [4.78, 5) is 4.19. The molecule has 78 valence electrons. The van der Waals surface area contributed by atoms with Crippen LogP contribution in [0.5, 0.6) is 0 Å². The van der Waals surface area contributed by atoms with Crippen molar-refractivity contribution in [2.24, 2.45) is 0 Å². The molecule has 0 aromatic carbocycles. The SMILES string of the molecule is CCc1nnc(C)cc1-c1nc(C)no1. The number of aromatic nitrogens is 4. The third kappa shape index (κ3) is 1.86. The van der Waals surface area contributed by atoms with Crippen LogP contribution in [0.15, 0.2) is 10.6 Å². The second-order valence-electron chi connectivity index (χ2n) is 3.35. The lowest BCUT2D eigenvalue weighted by atomic mass is 10.1. The van der Waals surface area contributed by atoms with Gasteiger partial charge in [-0.3, -0.25) is 0 Å². The van der Waals surface area contributed by atoms with E-state index in [1.165, 1.54) is 0 Å². The minimum absolute atomic E-state index is 0.516. The van der Waals surface area contributed by atoms with E-state index in [-0.39, 0.29) is 0 Å². The van der Waals surface area contributed by atoms with E-state index in [9.17, 15) is 0 Å². The summed E-state index contributed by atoms with van der Waals surface area (Å²) >= 11 is 0. The van der Waals surface area contributed by atoms with Gasteiger partial charge < -0.3 is 4.52 Å². The highest BCUT2D eigenvalue weighted by Gasteiger charge is 2.12. The van der Waals surface area contributed by atoms with Crippen LogP contribution in [-0.2, 0) is 6.42 Å². The van der Waals surface area contributed by atoms with Gasteiger partial charge in [-0.1, -0.05) is 12.1 Å². The van der Waals surface area contributed by atoms with E-state index in [2.05, 4.69) is 20.3 Å². The maximum atomic E-state index is 5.12. The molecule has 2 aromatic heterocycles. The molecule has 2 heterocycles. The molecule has 0 saturated heterocycles. The Morgan fingerprint density at radius 1 is 1.27 bits per heavy atom. The summed E-state index contributed by atoms with van der Waals surface area (Å²) in [6.45, 7) is 5.70. The minimum Gasteiger partial charge on any atom is -0.334 e. The molecule has 0 unspecified atom stereocenters. The van der Waals surface area contributed by atoms with Gasteiger partial charge in [-0.05, 0) is 26.3 Å². The van der Waals surface area contributed by atoms with Crippen molar-refractivity contribution in [1.29, 1.82) is 0 Å². The number of aryl methyl sites for hydroxylation is 3. The number of hydrogen-bond acceptors (Lipinski definition) is 5. The summed E-state index contributed by atoms with van der Waals surface area (Å²) in [5.41, 5.74) is 2.60. The quantitative estimate of drug-likeness (QED) is 0.745. The highest BCUT2D eigenvalue weighted by molar-refractivity contribution is 5.56. The third-order valence-electron chi connectivity index (χ3n) is 2.09. The van der Waals surface area contributed by atoms with Crippen molar-refractivity contribution in [3.05, 3.63) is 23.3 Å². The van der Waals surface area contributed by atoms with Gasteiger partial charge in [0.2, 0.25) is 0 Å². The van der Waals surface area contributed by atoms with Gasteiger partial charge >= 0.3 is 0 Å². The molecule has 2 rings (SSSR count). The predicted octanol–water partition coefficient (Wildman–Crippen LogP) is 1.71. The molecule has 0 bridgehead atoms. The van der Waals surface area contributed by atoms with Gasteiger partial charge in [0.1, 0.15) is 0 Å². The van der Waals surface area contributed by atoms with E-state index in [4.69, 9.17) is 4.52 Å². The van der Waals surface area contributed by atoms with Crippen molar-refractivity contribution in [2.75, 3.05) is 0 Å². The van der Waals surface area contributed by atoms with Crippen LogP contribution in [0.1, 0.15) is 24.1 Å². The van der Waals surface area contributed by atoms with Crippen LogP contribution in [0.2, 0.25) is 0 Å². The Labute approximate surface area is 87.5 Å². The monoisotopic (exact) mass is 204 g/mol. The smallest absolute Gasteiger partial charge is 0.259 e. The van der Waals surface area contributed by atoms with Gasteiger partial charge in [-0.2, -0.15) is 15.2 Å². The average Bonchev–Trinajstić information content (AvgIpc) is 2.65. The van der Waals surface area contributed by atoms with E-state index in [0.717, 1.165) is 23.4 Å². The number of nitrogens with zero attached hydrogens (tertiary/aromatic N) is 4. The van der Waals surface area contributed by atoms with Crippen molar-refractivity contribution in [3.63, 3.8) is 0 Å². The molecule has 0 fully saturated rings. The molecule has 0 saturated carbocycles. The van der Waals surface area contributed by atoms with E-state index in [1.807, 2.05) is 19.9 Å². The lowest BCUT2D eigenvalue weighted by Crippen LogP contribution is -1.97. The van der Waals surface area contributed by atoms with Crippen LogP contribution >= 0.6 is 0 Å². The first-order valence-electron chi connectivity index (χ1n) is 4.84. The molecule has 5 nitrogen and oxygen atoms in total. The first kappa shape index (κ1) is 9.76. The van der Waals surface area contributed by atoms with Crippen LogP contribution in [-0.4, -0.2) is 20.3 Å². The standard InChI is InChI=1S/C10H12N4O/c1-4-9-8(5-6(2)12-13-9)10-11-7(3)14-15-10/h5H,4H2,1-3H3. The normalized spacial score (nSPS) is 10.6. The Bertz CT molecular complexity index is 478. The van der Waals surface area contributed by atoms with Gasteiger partial charge in [0.25, 0.3) is 5.89 Å². The highest BCUT2D eigenvalue weighted by Crippen LogP contribution is 2.20. The molecule has 0 aliphatic carbocycles. The largest absolute Gasteiger partial charge is 0.334 e. The van der Waals surface area contributed by atoms with Gasteiger partial charge in [-0.15, -0.1) is 0 Å². The highest BCUT2D eigenvalue weighted by atomic mass is 16.5. The summed E-state index contributed by atoms with van der Waals surface area (Å²) < 4.78 is 5.12. The maximum absolute atomic E-state index is 5.12. The third-order valence-corrected chi connectivity index (χ3v) is 2.09. The Balaban J connectivity index is 2.55. The Kier molecular flexibility index (Phi) is 2.45. The molecule has 0 atom stereocenters. The summed E-state index contributed by atoms with van der Waals surface area (Å²) in [5, 5.41) is 11.9. The van der Waals surface area contributed by atoms with E-state index in [0.29, 0.717) is 11.7 Å². The van der Waals surface area contributed by atoms with Crippen molar-refractivity contribution < 1.29 is 4.52 Å². The molecule has 0 N–H and O–H groups in total. The molecular formula is C10H12N4O. The second-order valence-corrected chi connectivity index (χ2v) is 3.35. The van der Waals surface area contributed by atoms with Crippen LogP contribution in [0.4, 0.5) is 0 Å². The summed E-state index contributed by atoms with van der Waals surface area (Å²) in [6.07, 6.45) is 0.796. The average molecular weight is 204 g/mol. The first-order chi connectivity index (χ1) is 7.20. The number of hydrogen-bond donors (Lipinski definition) is 0. The molecule has 2 aromatic rings. The van der Waals surface area contributed by atoms with Crippen molar-refractivity contribution in [3.8, 4) is 11.5 Å². The molecule has 0 amide bonds. The number of rotatable bonds is 2. The summed E-state index contributed by atoms with van der Waals surface area (Å²) in [7, 11) is 0. The van der Waals surface area contributed by atoms with Gasteiger partial charge in [-0.25, -0.2) is 0 Å². The zero-order chi connectivity index (χ0) is 10.8. The maximum Gasteiger partial charge on any atom is 0.259 e. The molecule has 0 aliphatic rings. The fourth-order valence-electron chi connectivity index (χ4n) is 1.37. The fraction of sp³-hybridized carbons (Fsp3) is 0.400. The molecular weight excluding hydrogens is 192 g/mol. The molecule has 5 heteroatoms. The van der Waals surface area contributed by atoms with Crippen molar-refractivity contribution in [1.82, 2.24) is 20.3 Å². The zero-order valence-corrected chi connectivity index (χ0v) is 8.98. The van der Waals surface area contributed by atoms with E-state index >= 15 is 0 Å². The topological polar surface area (TPSA) is 64.7 Å². The van der Waals surface area contributed by atoms with Crippen LogP contribution < -0.4 is 0 Å². The van der Waals surface area contributed by atoms with Crippen LogP contribution in [0.3, 0.4) is 0 Å².